The molecule has 29 heavy (non-hydrogen) atoms. The van der Waals surface area contributed by atoms with Crippen molar-refractivity contribution in [3.05, 3.63) is 36.4 Å². The van der Waals surface area contributed by atoms with Crippen LogP contribution in [0, 0.1) is 0 Å². The lowest BCUT2D eigenvalue weighted by Gasteiger charge is -2.32. The van der Waals surface area contributed by atoms with Gasteiger partial charge in [0.25, 0.3) is 0 Å². The molecule has 3 rings (SSSR count). The van der Waals surface area contributed by atoms with Crippen molar-refractivity contribution in [2.24, 2.45) is 4.99 Å². The fraction of sp³-hybridized carbons (Fsp3) is 0.545. The lowest BCUT2D eigenvalue weighted by atomic mass is 10.1. The monoisotopic (exact) mass is 510 g/mol. The Labute approximate surface area is 192 Å². The van der Waals surface area contributed by atoms with E-state index in [4.69, 9.17) is 4.99 Å². The van der Waals surface area contributed by atoms with Gasteiger partial charge in [-0.2, -0.15) is 0 Å². The third-order valence-corrected chi connectivity index (χ3v) is 5.10. The van der Waals surface area contributed by atoms with Crippen molar-refractivity contribution in [2.45, 2.75) is 39.2 Å². The van der Waals surface area contributed by atoms with Crippen LogP contribution in [0.5, 0.6) is 0 Å². The second-order valence-electron chi connectivity index (χ2n) is 7.34. The molecule has 1 aromatic heterocycles. The molecule has 0 aliphatic carbocycles. The van der Waals surface area contributed by atoms with E-state index in [1.165, 1.54) is 38.9 Å². The van der Waals surface area contributed by atoms with E-state index in [2.05, 4.69) is 51.8 Å². The molecule has 0 unspecified atom stereocenters. The summed E-state index contributed by atoms with van der Waals surface area (Å²) >= 11 is 0. The first-order valence-corrected chi connectivity index (χ1v) is 10.7. The molecule has 6 nitrogen and oxygen atoms in total. The maximum absolute atomic E-state index is 4.73. The van der Waals surface area contributed by atoms with Crippen molar-refractivity contribution >= 4 is 46.7 Å². The summed E-state index contributed by atoms with van der Waals surface area (Å²) in [6.07, 6.45) is 3.61. The quantitative estimate of drug-likeness (QED) is 0.219. The number of aromatic nitrogens is 1. The summed E-state index contributed by atoms with van der Waals surface area (Å²) in [4.78, 5) is 11.9. The van der Waals surface area contributed by atoms with Crippen LogP contribution in [0.15, 0.2) is 41.4 Å². The molecule has 1 aliphatic heterocycles. The Hall–Kier alpha value is -1.61. The Balaban J connectivity index is 0.00000300. The Morgan fingerprint density at radius 2 is 1.93 bits per heavy atom. The minimum absolute atomic E-state index is 0. The van der Waals surface area contributed by atoms with Gasteiger partial charge in [-0.3, -0.25) is 4.99 Å². The van der Waals surface area contributed by atoms with E-state index in [-0.39, 0.29) is 24.0 Å². The largest absolute Gasteiger partial charge is 0.368 e. The number of rotatable bonds is 8. The predicted molar refractivity (Wildman–Crippen MR) is 135 cm³/mol. The van der Waals surface area contributed by atoms with Crippen LogP contribution in [0.2, 0.25) is 0 Å². The molecular weight excluding hydrogens is 475 g/mol. The number of fused-ring (bicyclic) bond motifs is 1. The van der Waals surface area contributed by atoms with Gasteiger partial charge in [-0.05, 0) is 50.9 Å². The van der Waals surface area contributed by atoms with Gasteiger partial charge in [0.2, 0.25) is 0 Å². The van der Waals surface area contributed by atoms with E-state index in [9.17, 15) is 0 Å². The van der Waals surface area contributed by atoms with E-state index < -0.39 is 0 Å². The normalized spacial score (nSPS) is 15.7. The average Bonchev–Trinajstić information content (AvgIpc) is 2.73. The van der Waals surface area contributed by atoms with Crippen molar-refractivity contribution in [3.63, 3.8) is 0 Å². The van der Waals surface area contributed by atoms with Crippen molar-refractivity contribution in [1.29, 1.82) is 0 Å². The highest BCUT2D eigenvalue weighted by Crippen LogP contribution is 2.14. The SMILES string of the molecule is CCCN1CCC(NC(=NCCNc2ccc3ccccc3n2)NCC)CC1.I. The minimum Gasteiger partial charge on any atom is -0.368 e. The number of piperidine rings is 1. The highest BCUT2D eigenvalue weighted by molar-refractivity contribution is 14.0. The van der Waals surface area contributed by atoms with Gasteiger partial charge in [-0.1, -0.05) is 25.1 Å². The first-order chi connectivity index (χ1) is 13.8. The summed E-state index contributed by atoms with van der Waals surface area (Å²) < 4.78 is 0. The number of para-hydroxylation sites is 1. The van der Waals surface area contributed by atoms with Crippen molar-refractivity contribution in [3.8, 4) is 0 Å². The van der Waals surface area contributed by atoms with Gasteiger partial charge >= 0.3 is 0 Å². The smallest absolute Gasteiger partial charge is 0.191 e. The van der Waals surface area contributed by atoms with E-state index in [1.807, 2.05) is 24.3 Å². The molecule has 0 amide bonds. The number of aliphatic imine (C=N–C) groups is 1. The summed E-state index contributed by atoms with van der Waals surface area (Å²) in [5.41, 5.74) is 1.01. The molecule has 0 bridgehead atoms. The first kappa shape index (κ1) is 23.7. The molecule has 3 N–H and O–H groups in total. The predicted octanol–water partition coefficient (Wildman–Crippen LogP) is 3.69. The van der Waals surface area contributed by atoms with Gasteiger partial charge in [-0.15, -0.1) is 24.0 Å². The maximum Gasteiger partial charge on any atom is 0.191 e. The van der Waals surface area contributed by atoms with Crippen LogP contribution in [-0.4, -0.2) is 61.2 Å². The summed E-state index contributed by atoms with van der Waals surface area (Å²) in [7, 11) is 0. The summed E-state index contributed by atoms with van der Waals surface area (Å²) in [5.74, 6) is 1.82. The standard InChI is InChI=1S/C22H34N6.HI/c1-3-15-28-16-11-19(12-17-28)26-22(23-4-2)25-14-13-24-21-10-9-18-7-5-6-8-20(18)27-21;/h5-10,19H,3-4,11-17H2,1-2H3,(H,24,27)(H2,23,25,26);1H. The molecule has 1 aliphatic rings. The molecule has 0 atom stereocenters. The number of pyridine rings is 1. The van der Waals surface area contributed by atoms with Crippen molar-refractivity contribution in [1.82, 2.24) is 20.5 Å². The third-order valence-electron chi connectivity index (χ3n) is 5.10. The second kappa shape index (κ2) is 12.8. The van der Waals surface area contributed by atoms with E-state index in [0.29, 0.717) is 12.6 Å². The molecule has 7 heteroatoms. The zero-order valence-corrected chi connectivity index (χ0v) is 20.0. The van der Waals surface area contributed by atoms with Gasteiger partial charge in [0, 0.05) is 37.6 Å². The molecule has 160 valence electrons. The Morgan fingerprint density at radius 3 is 2.69 bits per heavy atom. The first-order valence-electron chi connectivity index (χ1n) is 10.7. The molecular formula is C22H35IN6. The van der Waals surface area contributed by atoms with Gasteiger partial charge < -0.3 is 20.9 Å². The van der Waals surface area contributed by atoms with Gasteiger partial charge in [0.1, 0.15) is 5.82 Å². The van der Waals surface area contributed by atoms with Crippen LogP contribution in [0.4, 0.5) is 5.82 Å². The number of guanidine groups is 1. The van der Waals surface area contributed by atoms with Crippen LogP contribution < -0.4 is 16.0 Å². The van der Waals surface area contributed by atoms with Crippen molar-refractivity contribution < 1.29 is 0 Å². The van der Waals surface area contributed by atoms with Crippen LogP contribution in [0.1, 0.15) is 33.1 Å². The minimum atomic E-state index is 0. The van der Waals surface area contributed by atoms with Gasteiger partial charge in [0.15, 0.2) is 5.96 Å². The second-order valence-corrected chi connectivity index (χ2v) is 7.34. The topological polar surface area (TPSA) is 64.6 Å². The molecule has 1 aromatic carbocycles. The Bertz CT molecular complexity index is 758. The maximum atomic E-state index is 4.73. The number of nitrogens with one attached hydrogen (secondary N) is 3. The molecule has 2 heterocycles. The lowest BCUT2D eigenvalue weighted by Crippen LogP contribution is -2.48. The third kappa shape index (κ3) is 7.62. The van der Waals surface area contributed by atoms with Crippen molar-refractivity contribution in [2.75, 3.05) is 44.6 Å². The molecule has 1 saturated heterocycles. The van der Waals surface area contributed by atoms with E-state index in [1.54, 1.807) is 0 Å². The van der Waals surface area contributed by atoms with Crippen LogP contribution in [-0.2, 0) is 0 Å². The van der Waals surface area contributed by atoms with E-state index in [0.717, 1.165) is 35.8 Å². The number of likely N-dealkylation sites (tertiary alicyclic amines) is 1. The summed E-state index contributed by atoms with van der Waals surface area (Å²) in [5, 5.41) is 11.5. The lowest BCUT2D eigenvalue weighted by molar-refractivity contribution is 0.206. The van der Waals surface area contributed by atoms with Crippen LogP contribution in [0.25, 0.3) is 10.9 Å². The summed E-state index contributed by atoms with van der Waals surface area (Å²) in [6.45, 7) is 10.3. The van der Waals surface area contributed by atoms with Gasteiger partial charge in [0.05, 0.1) is 12.1 Å². The highest BCUT2D eigenvalue weighted by atomic mass is 127. The van der Waals surface area contributed by atoms with Crippen LogP contribution >= 0.6 is 24.0 Å². The Morgan fingerprint density at radius 1 is 1.14 bits per heavy atom. The molecule has 2 aromatic rings. The Kier molecular flexibility index (Phi) is 10.5. The number of anilines is 1. The number of hydrogen-bond acceptors (Lipinski definition) is 4. The van der Waals surface area contributed by atoms with E-state index >= 15 is 0 Å². The zero-order chi connectivity index (χ0) is 19.6. The number of benzene rings is 1. The van der Waals surface area contributed by atoms with Gasteiger partial charge in [-0.25, -0.2) is 4.98 Å². The average molecular weight is 510 g/mol. The fourth-order valence-corrected chi connectivity index (χ4v) is 3.65. The van der Waals surface area contributed by atoms with Crippen LogP contribution in [0.3, 0.4) is 0 Å². The number of halogens is 1. The molecule has 1 fully saturated rings. The molecule has 0 radical (unpaired) electrons. The molecule has 0 spiro atoms. The fourth-order valence-electron chi connectivity index (χ4n) is 3.65. The summed E-state index contributed by atoms with van der Waals surface area (Å²) in [6, 6.07) is 12.8. The highest BCUT2D eigenvalue weighted by Gasteiger charge is 2.19. The number of nitrogens with zero attached hydrogens (tertiary/aromatic N) is 3. The number of hydrogen-bond donors (Lipinski definition) is 3. The zero-order valence-electron chi connectivity index (χ0n) is 17.7. The molecule has 0 saturated carbocycles.